The monoisotopic (exact) mass is 640 g/mol. The van der Waals surface area contributed by atoms with Crippen LogP contribution in [0.15, 0.2) is 0 Å². The maximum Gasteiger partial charge on any atom is 0.317 e. The molecule has 0 aromatic rings. The van der Waals surface area contributed by atoms with Crippen LogP contribution in [0.4, 0.5) is 0 Å². The zero-order valence-corrected chi connectivity index (χ0v) is 29.3. The molecule has 44 heavy (non-hydrogen) atoms. The van der Waals surface area contributed by atoms with Crippen molar-refractivity contribution in [3.05, 3.63) is 0 Å². The Morgan fingerprint density at radius 2 is 1.39 bits per heavy atom. The first-order chi connectivity index (χ1) is 20.0. The summed E-state index contributed by atoms with van der Waals surface area (Å²) in [7, 11) is -1.89. The maximum absolute atomic E-state index is 14.0. The zero-order valence-electron chi connectivity index (χ0n) is 28.3. The molecule has 0 aliphatic carbocycles. The summed E-state index contributed by atoms with van der Waals surface area (Å²) < 4.78 is 26.8. The number of rotatable bonds is 15. The molecule has 2 aliphatic rings. The van der Waals surface area contributed by atoms with Crippen LogP contribution in [0, 0.1) is 40.4 Å². The van der Waals surface area contributed by atoms with E-state index >= 15 is 0 Å². The lowest BCUT2D eigenvalue weighted by atomic mass is 9.64. The number of esters is 6. The van der Waals surface area contributed by atoms with Crippen LogP contribution in [0.2, 0.25) is 25.7 Å². The van der Waals surface area contributed by atoms with Crippen molar-refractivity contribution in [3.8, 4) is 0 Å². The summed E-state index contributed by atoms with van der Waals surface area (Å²) in [4.78, 5) is 78.3. The van der Waals surface area contributed by atoms with E-state index < -0.39 is 89.9 Å². The molecule has 0 saturated carbocycles. The fraction of sp³-hybridized carbons (Fsp3) is 0.812. The molecule has 2 saturated heterocycles. The molecule has 0 amide bonds. The van der Waals surface area contributed by atoms with E-state index in [1.54, 1.807) is 48.5 Å². The first-order valence-electron chi connectivity index (χ1n) is 15.5. The van der Waals surface area contributed by atoms with Crippen molar-refractivity contribution in [2.75, 3.05) is 19.8 Å². The van der Waals surface area contributed by atoms with Gasteiger partial charge in [-0.3, -0.25) is 28.8 Å². The van der Waals surface area contributed by atoms with E-state index in [0.29, 0.717) is 12.7 Å². The third-order valence-corrected chi connectivity index (χ3v) is 10.2. The predicted octanol–water partition coefficient (Wildman–Crippen LogP) is 4.72. The molecule has 11 nitrogen and oxygen atoms in total. The topological polar surface area (TPSA) is 149 Å². The molecule has 2 aliphatic heterocycles. The minimum atomic E-state index is -1.89. The second-order valence-electron chi connectivity index (χ2n) is 15.3. The Morgan fingerprint density at radius 1 is 0.818 bits per heavy atom. The van der Waals surface area contributed by atoms with Gasteiger partial charge in [0.1, 0.15) is 12.2 Å². The number of hydrogen-bond acceptors (Lipinski definition) is 11. The molecule has 0 N–H and O–H groups in total. The second-order valence-corrected chi connectivity index (χ2v) is 20.8. The van der Waals surface area contributed by atoms with Crippen LogP contribution in [0.1, 0.15) is 74.7 Å². The Kier molecular flexibility index (Phi) is 12.1. The standard InChI is InChI=1S/C32H52O11Si/c1-12-39-13-14-40-28(37)31(7,15-21(17-44(9,10)11)23-20(3)25(34)42-27(23)36)18-32(8,29(38)43-30(4,5)6)16-22-19(2)24(33)41-26(22)35/h19-23H,12-18H2,1-11H3. The Hall–Kier alpha value is -2.60. The number of carbonyl (C=O) groups excluding carboxylic acids is 6. The average molecular weight is 641 g/mol. The number of hydrogen-bond donors (Lipinski definition) is 0. The third kappa shape index (κ3) is 9.70. The molecule has 0 aromatic carbocycles. The molecule has 0 bridgehead atoms. The fourth-order valence-corrected chi connectivity index (χ4v) is 8.49. The van der Waals surface area contributed by atoms with Gasteiger partial charge in [-0.2, -0.15) is 0 Å². The first kappa shape index (κ1) is 37.6. The minimum Gasteiger partial charge on any atom is -0.463 e. The summed E-state index contributed by atoms with van der Waals surface area (Å²) in [5.74, 6) is -7.44. The molecular weight excluding hydrogens is 588 g/mol. The maximum atomic E-state index is 14.0. The van der Waals surface area contributed by atoms with Crippen LogP contribution >= 0.6 is 0 Å². The first-order valence-corrected chi connectivity index (χ1v) is 19.2. The molecule has 7 unspecified atom stereocenters. The Balaban J connectivity index is 2.63. The number of carbonyl (C=O) groups is 6. The summed E-state index contributed by atoms with van der Waals surface area (Å²) in [6.45, 7) is 20.5. The molecular formula is C32H52O11Si. The van der Waals surface area contributed by atoms with Crippen molar-refractivity contribution >= 4 is 43.9 Å². The van der Waals surface area contributed by atoms with Gasteiger partial charge in [-0.1, -0.05) is 39.5 Å². The Bertz CT molecular complexity index is 1120. The Labute approximate surface area is 262 Å². The van der Waals surface area contributed by atoms with E-state index in [1.807, 2.05) is 6.92 Å². The normalized spacial score (nSPS) is 26.0. The molecule has 0 radical (unpaired) electrons. The quantitative estimate of drug-likeness (QED) is 0.0805. The van der Waals surface area contributed by atoms with E-state index in [0.717, 1.165) is 0 Å². The van der Waals surface area contributed by atoms with Gasteiger partial charge in [-0.15, -0.1) is 0 Å². The highest BCUT2D eigenvalue weighted by atomic mass is 28.3. The van der Waals surface area contributed by atoms with E-state index in [-0.39, 0.29) is 32.5 Å². The molecule has 12 heteroatoms. The van der Waals surface area contributed by atoms with E-state index in [9.17, 15) is 28.8 Å². The summed E-state index contributed by atoms with van der Waals surface area (Å²) in [6.07, 6.45) is -0.0992. The lowest BCUT2D eigenvalue weighted by molar-refractivity contribution is -0.175. The van der Waals surface area contributed by atoms with Crippen molar-refractivity contribution in [3.63, 3.8) is 0 Å². The van der Waals surface area contributed by atoms with Crippen LogP contribution in [0.25, 0.3) is 0 Å². The van der Waals surface area contributed by atoms with Crippen LogP contribution in [0.3, 0.4) is 0 Å². The van der Waals surface area contributed by atoms with Crippen molar-refractivity contribution < 1.29 is 52.5 Å². The molecule has 2 fully saturated rings. The van der Waals surface area contributed by atoms with Gasteiger partial charge in [0, 0.05) is 14.7 Å². The highest BCUT2D eigenvalue weighted by Gasteiger charge is 2.55. The summed E-state index contributed by atoms with van der Waals surface area (Å²) in [6, 6.07) is 0.607. The van der Waals surface area contributed by atoms with Crippen LogP contribution in [-0.2, 0) is 52.5 Å². The van der Waals surface area contributed by atoms with Gasteiger partial charge < -0.3 is 23.7 Å². The van der Waals surface area contributed by atoms with E-state index in [1.165, 1.54) is 0 Å². The van der Waals surface area contributed by atoms with E-state index in [4.69, 9.17) is 23.7 Å². The van der Waals surface area contributed by atoms with Crippen LogP contribution < -0.4 is 0 Å². The van der Waals surface area contributed by atoms with Crippen LogP contribution in [-0.4, -0.2) is 69.3 Å². The zero-order chi connectivity index (χ0) is 33.8. The molecule has 0 spiro atoms. The SMILES string of the molecule is CCOCCOC(=O)C(C)(CC(C[Si](C)(C)C)C1C(=O)OC(=O)C1C)CC(C)(CC1C(=O)OC(=O)C1C)C(=O)OC(C)(C)C. The number of ether oxygens (including phenoxy) is 5. The van der Waals surface area contributed by atoms with Crippen molar-refractivity contribution in [1.82, 2.24) is 0 Å². The van der Waals surface area contributed by atoms with Crippen LogP contribution in [0.5, 0.6) is 0 Å². The lowest BCUT2D eigenvalue weighted by Gasteiger charge is -2.41. The molecule has 0 aromatic heterocycles. The molecule has 250 valence electrons. The van der Waals surface area contributed by atoms with Gasteiger partial charge in [0.25, 0.3) is 0 Å². The fourth-order valence-electron chi connectivity index (χ4n) is 6.51. The Morgan fingerprint density at radius 3 is 1.84 bits per heavy atom. The lowest BCUT2D eigenvalue weighted by Crippen LogP contribution is -2.46. The second kappa shape index (κ2) is 14.2. The van der Waals surface area contributed by atoms with Crippen molar-refractivity contribution in [2.24, 2.45) is 40.4 Å². The van der Waals surface area contributed by atoms with Gasteiger partial charge in [-0.25, -0.2) is 0 Å². The highest BCUT2D eigenvalue weighted by Crippen LogP contribution is 2.49. The molecule has 2 heterocycles. The minimum absolute atomic E-state index is 0.0229. The van der Waals surface area contributed by atoms with Crippen molar-refractivity contribution in [2.45, 2.75) is 106 Å². The average Bonchev–Trinajstić information content (AvgIpc) is 3.25. The highest BCUT2D eigenvalue weighted by molar-refractivity contribution is 6.76. The summed E-state index contributed by atoms with van der Waals surface area (Å²) in [5.41, 5.74) is -3.69. The summed E-state index contributed by atoms with van der Waals surface area (Å²) >= 11 is 0. The van der Waals surface area contributed by atoms with Gasteiger partial charge in [0.2, 0.25) is 0 Å². The van der Waals surface area contributed by atoms with Gasteiger partial charge in [0.05, 0.1) is 41.1 Å². The molecule has 2 rings (SSSR count). The number of cyclic esters (lactones) is 4. The molecule has 7 atom stereocenters. The van der Waals surface area contributed by atoms with Gasteiger partial charge in [-0.05, 0) is 66.7 Å². The largest absolute Gasteiger partial charge is 0.463 e. The summed E-state index contributed by atoms with van der Waals surface area (Å²) in [5, 5.41) is 0. The van der Waals surface area contributed by atoms with Gasteiger partial charge in [0.15, 0.2) is 0 Å². The van der Waals surface area contributed by atoms with E-state index in [2.05, 4.69) is 19.6 Å². The van der Waals surface area contributed by atoms with Gasteiger partial charge >= 0.3 is 35.8 Å². The third-order valence-electron chi connectivity index (χ3n) is 8.46. The smallest absolute Gasteiger partial charge is 0.317 e. The van der Waals surface area contributed by atoms with Crippen molar-refractivity contribution in [1.29, 1.82) is 0 Å². The predicted molar refractivity (Wildman–Crippen MR) is 163 cm³/mol.